The SMILES string of the molecule is C=NC(=N/C=C\C)c1c(F)cccc1C(=O)N(CC)[C@@H](C)COc1ccc(OC(F)(F)F)cn1. The summed E-state index contributed by atoms with van der Waals surface area (Å²) in [6, 6.07) is 5.87. The number of allylic oxidation sites excluding steroid dienone is 1. The Bertz CT molecular complexity index is 1050. The van der Waals surface area contributed by atoms with Gasteiger partial charge in [-0.25, -0.2) is 19.4 Å². The van der Waals surface area contributed by atoms with Gasteiger partial charge in [0.25, 0.3) is 5.91 Å². The summed E-state index contributed by atoms with van der Waals surface area (Å²) in [4.78, 5) is 26.3. The Hall–Kier alpha value is -3.76. The number of carbonyl (C=O) groups is 1. The zero-order chi connectivity index (χ0) is 25.3. The van der Waals surface area contributed by atoms with Crippen LogP contribution in [0.25, 0.3) is 0 Å². The van der Waals surface area contributed by atoms with Gasteiger partial charge in [0.1, 0.15) is 18.2 Å². The quantitative estimate of drug-likeness (QED) is 0.287. The Labute approximate surface area is 194 Å². The van der Waals surface area contributed by atoms with E-state index in [2.05, 4.69) is 26.4 Å². The molecule has 0 N–H and O–H groups in total. The number of hydrogen-bond acceptors (Lipinski definition) is 5. The maximum atomic E-state index is 14.7. The number of aromatic nitrogens is 1. The number of aliphatic imine (C=N–C) groups is 2. The van der Waals surface area contributed by atoms with E-state index in [-0.39, 0.29) is 36.0 Å². The standard InChI is InChI=1S/C23H24F4N4O3/c1-5-12-29-21(28-4)20-17(8-7-9-18(20)24)22(32)31(6-2)15(3)14-33-19-11-10-16(13-30-19)34-23(25,26)27/h5,7-13,15H,4,6,14H2,1-3H3/b12-5-,29-21?/t15-/m0/s1. The molecular formula is C23H24F4N4O3. The summed E-state index contributed by atoms with van der Waals surface area (Å²) in [6.07, 6.45) is -0.907. The molecule has 0 radical (unpaired) electrons. The Morgan fingerprint density at radius 1 is 1.29 bits per heavy atom. The second-order valence-electron chi connectivity index (χ2n) is 6.89. The summed E-state index contributed by atoms with van der Waals surface area (Å²) in [7, 11) is 0. The third kappa shape index (κ3) is 7.12. The fourth-order valence-corrected chi connectivity index (χ4v) is 3.01. The van der Waals surface area contributed by atoms with Gasteiger partial charge in [-0.05, 0) is 45.7 Å². The largest absolute Gasteiger partial charge is 0.573 e. The molecule has 0 unspecified atom stereocenters. The van der Waals surface area contributed by atoms with Gasteiger partial charge in [-0.3, -0.25) is 4.79 Å². The summed E-state index contributed by atoms with van der Waals surface area (Å²) in [5, 5.41) is 0. The van der Waals surface area contributed by atoms with Crippen molar-refractivity contribution in [2.75, 3.05) is 13.2 Å². The van der Waals surface area contributed by atoms with Crippen molar-refractivity contribution in [3.63, 3.8) is 0 Å². The topological polar surface area (TPSA) is 76.4 Å². The van der Waals surface area contributed by atoms with Gasteiger partial charge in [-0.2, -0.15) is 0 Å². The summed E-state index contributed by atoms with van der Waals surface area (Å²) >= 11 is 0. The first-order chi connectivity index (χ1) is 16.1. The van der Waals surface area contributed by atoms with Crippen LogP contribution in [0.1, 0.15) is 36.7 Å². The van der Waals surface area contributed by atoms with E-state index in [1.54, 1.807) is 26.8 Å². The predicted octanol–water partition coefficient (Wildman–Crippen LogP) is 5.03. The normalized spacial score (nSPS) is 13.0. The molecule has 0 bridgehead atoms. The number of alkyl halides is 3. The lowest BCUT2D eigenvalue weighted by molar-refractivity contribution is -0.274. The summed E-state index contributed by atoms with van der Waals surface area (Å²) in [5.41, 5.74) is -0.0229. The Morgan fingerprint density at radius 2 is 2.03 bits per heavy atom. The summed E-state index contributed by atoms with van der Waals surface area (Å²) in [5.74, 6) is -1.63. The van der Waals surface area contributed by atoms with E-state index >= 15 is 0 Å². The maximum Gasteiger partial charge on any atom is 0.573 e. The number of amidine groups is 1. The highest BCUT2D eigenvalue weighted by Crippen LogP contribution is 2.23. The van der Waals surface area contributed by atoms with Crippen molar-refractivity contribution in [1.82, 2.24) is 9.88 Å². The van der Waals surface area contributed by atoms with Crippen LogP contribution in [0, 0.1) is 5.82 Å². The van der Waals surface area contributed by atoms with Crippen molar-refractivity contribution >= 4 is 18.5 Å². The van der Waals surface area contributed by atoms with Crippen molar-refractivity contribution in [1.29, 1.82) is 0 Å². The third-order valence-corrected chi connectivity index (χ3v) is 4.51. The predicted molar refractivity (Wildman–Crippen MR) is 120 cm³/mol. The first-order valence-electron chi connectivity index (χ1n) is 10.2. The average molecular weight is 480 g/mol. The van der Waals surface area contributed by atoms with E-state index in [1.165, 1.54) is 35.4 Å². The van der Waals surface area contributed by atoms with Crippen LogP contribution >= 0.6 is 0 Å². The molecule has 7 nitrogen and oxygen atoms in total. The Kier molecular flexibility index (Phi) is 9.28. The second kappa shape index (κ2) is 11.9. The highest BCUT2D eigenvalue weighted by molar-refractivity contribution is 6.11. The van der Waals surface area contributed by atoms with E-state index in [0.717, 1.165) is 12.3 Å². The van der Waals surface area contributed by atoms with Crippen LogP contribution in [0.3, 0.4) is 0 Å². The van der Waals surface area contributed by atoms with Crippen LogP contribution in [-0.2, 0) is 0 Å². The van der Waals surface area contributed by atoms with Gasteiger partial charge in [-0.1, -0.05) is 12.1 Å². The van der Waals surface area contributed by atoms with Gasteiger partial charge in [0.05, 0.1) is 23.4 Å². The van der Waals surface area contributed by atoms with Crippen molar-refractivity contribution in [3.8, 4) is 11.6 Å². The molecule has 1 aromatic heterocycles. The molecule has 0 aliphatic rings. The van der Waals surface area contributed by atoms with Crippen LogP contribution in [0.15, 0.2) is 58.8 Å². The number of amides is 1. The second-order valence-corrected chi connectivity index (χ2v) is 6.89. The molecule has 1 aromatic carbocycles. The van der Waals surface area contributed by atoms with Gasteiger partial charge in [-0.15, -0.1) is 13.2 Å². The molecule has 0 aliphatic heterocycles. The van der Waals surface area contributed by atoms with Crippen molar-refractivity contribution in [2.45, 2.75) is 33.2 Å². The van der Waals surface area contributed by atoms with Gasteiger partial charge in [0, 0.05) is 18.8 Å². The Balaban J connectivity index is 2.20. The minimum atomic E-state index is -4.82. The minimum Gasteiger partial charge on any atom is -0.475 e. The molecule has 2 aromatic rings. The molecule has 0 fully saturated rings. The minimum absolute atomic E-state index is 0.0179. The first-order valence-corrected chi connectivity index (χ1v) is 10.2. The van der Waals surface area contributed by atoms with Crippen molar-refractivity contribution in [2.24, 2.45) is 9.98 Å². The van der Waals surface area contributed by atoms with Crippen LogP contribution in [0.5, 0.6) is 11.6 Å². The number of nitrogens with zero attached hydrogens (tertiary/aromatic N) is 4. The number of rotatable bonds is 9. The fraction of sp³-hybridized carbons (Fsp3) is 0.304. The smallest absolute Gasteiger partial charge is 0.475 e. The molecule has 0 saturated heterocycles. The third-order valence-electron chi connectivity index (χ3n) is 4.51. The molecule has 11 heteroatoms. The first kappa shape index (κ1) is 26.5. The molecule has 1 amide bonds. The van der Waals surface area contributed by atoms with Crippen LogP contribution in [-0.4, -0.2) is 53.9 Å². The average Bonchev–Trinajstić information content (AvgIpc) is 2.79. The van der Waals surface area contributed by atoms with Gasteiger partial charge in [0.2, 0.25) is 5.88 Å². The van der Waals surface area contributed by atoms with E-state index in [1.807, 2.05) is 0 Å². The highest BCUT2D eigenvalue weighted by Gasteiger charge is 2.31. The van der Waals surface area contributed by atoms with Crippen LogP contribution < -0.4 is 9.47 Å². The molecular weight excluding hydrogens is 456 g/mol. The zero-order valence-corrected chi connectivity index (χ0v) is 18.8. The fourth-order valence-electron chi connectivity index (χ4n) is 3.01. The summed E-state index contributed by atoms with van der Waals surface area (Å²) < 4.78 is 60.7. The lowest BCUT2D eigenvalue weighted by Crippen LogP contribution is -2.42. The van der Waals surface area contributed by atoms with Crippen molar-refractivity contribution < 1.29 is 31.8 Å². The number of carbonyl (C=O) groups excluding carboxylic acids is 1. The lowest BCUT2D eigenvalue weighted by atomic mass is 10.0. The molecule has 34 heavy (non-hydrogen) atoms. The van der Waals surface area contributed by atoms with E-state index in [4.69, 9.17) is 4.74 Å². The molecule has 1 atom stereocenters. The Morgan fingerprint density at radius 3 is 2.59 bits per heavy atom. The van der Waals surface area contributed by atoms with Crippen molar-refractivity contribution in [3.05, 3.63) is 65.7 Å². The molecule has 0 aliphatic carbocycles. The lowest BCUT2D eigenvalue weighted by Gasteiger charge is -2.28. The molecule has 0 saturated carbocycles. The van der Waals surface area contributed by atoms with E-state index in [9.17, 15) is 22.4 Å². The number of ether oxygens (including phenoxy) is 2. The van der Waals surface area contributed by atoms with Crippen LogP contribution in [0.2, 0.25) is 0 Å². The number of hydrogen-bond donors (Lipinski definition) is 0. The molecule has 2 rings (SSSR count). The number of likely N-dealkylation sites (N-methyl/N-ethyl adjacent to an activating group) is 1. The number of pyridine rings is 1. The van der Waals surface area contributed by atoms with E-state index in [0.29, 0.717) is 0 Å². The van der Waals surface area contributed by atoms with Gasteiger partial charge >= 0.3 is 6.36 Å². The number of halogens is 4. The van der Waals surface area contributed by atoms with Gasteiger partial charge < -0.3 is 14.4 Å². The molecule has 182 valence electrons. The zero-order valence-electron chi connectivity index (χ0n) is 18.8. The highest BCUT2D eigenvalue weighted by atomic mass is 19.4. The molecule has 0 spiro atoms. The van der Waals surface area contributed by atoms with E-state index < -0.39 is 29.9 Å². The number of benzene rings is 1. The monoisotopic (exact) mass is 480 g/mol. The molecule has 1 heterocycles. The van der Waals surface area contributed by atoms with Gasteiger partial charge in [0.15, 0.2) is 5.84 Å². The maximum absolute atomic E-state index is 14.7. The summed E-state index contributed by atoms with van der Waals surface area (Å²) in [6.45, 7) is 8.85. The van der Waals surface area contributed by atoms with Crippen LogP contribution in [0.4, 0.5) is 17.6 Å².